The molecule has 1 aliphatic rings. The van der Waals surface area contributed by atoms with E-state index in [0.29, 0.717) is 35.3 Å². The van der Waals surface area contributed by atoms with Crippen molar-refractivity contribution in [1.29, 1.82) is 0 Å². The lowest BCUT2D eigenvalue weighted by Crippen LogP contribution is -2.39. The number of nitrogens with one attached hydrogen (secondary N) is 2. The van der Waals surface area contributed by atoms with Crippen LogP contribution in [0.2, 0.25) is 5.02 Å². The quantitative estimate of drug-likeness (QED) is 0.543. The monoisotopic (exact) mass is 458 g/mol. The minimum atomic E-state index is -0.622. The number of urea groups is 1. The maximum absolute atomic E-state index is 14.2. The van der Waals surface area contributed by atoms with Crippen LogP contribution >= 0.6 is 11.6 Å². The molecule has 0 radical (unpaired) electrons. The molecule has 2 N–H and O–H groups in total. The predicted octanol–water partition coefficient (Wildman–Crippen LogP) is 2.42. The fourth-order valence-electron chi connectivity index (χ4n) is 3.22. The van der Waals surface area contributed by atoms with Crippen molar-refractivity contribution in [3.05, 3.63) is 52.7 Å². The Kier molecular flexibility index (Phi) is 6.21. The Morgan fingerprint density at radius 2 is 2.12 bits per heavy atom. The molecule has 1 atom stereocenters. The van der Waals surface area contributed by atoms with E-state index in [2.05, 4.69) is 40.8 Å². The van der Waals surface area contributed by atoms with Crippen LogP contribution in [0.3, 0.4) is 0 Å². The van der Waals surface area contributed by atoms with Gasteiger partial charge in [-0.25, -0.2) is 24.2 Å². The predicted molar refractivity (Wildman–Crippen MR) is 115 cm³/mol. The second-order valence-corrected chi connectivity index (χ2v) is 7.31. The normalized spacial score (nSPS) is 15.2. The summed E-state index contributed by atoms with van der Waals surface area (Å²) in [6.07, 6.45) is 4.85. The Morgan fingerprint density at radius 3 is 2.88 bits per heavy atom. The molecule has 0 saturated carbocycles. The highest BCUT2D eigenvalue weighted by molar-refractivity contribution is 6.31. The average Bonchev–Trinajstić information content (AvgIpc) is 3.38. The number of hydrazone groups is 1. The van der Waals surface area contributed by atoms with Gasteiger partial charge in [0.25, 0.3) is 0 Å². The lowest BCUT2D eigenvalue weighted by Gasteiger charge is -2.22. The maximum atomic E-state index is 14.2. The van der Waals surface area contributed by atoms with E-state index in [4.69, 9.17) is 11.6 Å². The molecule has 11 nitrogen and oxygen atoms in total. The molecule has 32 heavy (non-hydrogen) atoms. The molecule has 4 rings (SSSR count). The van der Waals surface area contributed by atoms with Crippen molar-refractivity contribution in [2.45, 2.75) is 26.3 Å². The molecule has 0 spiro atoms. The molecule has 4 heterocycles. The zero-order valence-corrected chi connectivity index (χ0v) is 18.1. The summed E-state index contributed by atoms with van der Waals surface area (Å²) in [6, 6.07) is 2.70. The molecule has 2 amide bonds. The van der Waals surface area contributed by atoms with Crippen LogP contribution in [-0.2, 0) is 0 Å². The van der Waals surface area contributed by atoms with E-state index in [-0.39, 0.29) is 30.4 Å². The van der Waals surface area contributed by atoms with Crippen LogP contribution in [0.25, 0.3) is 5.82 Å². The van der Waals surface area contributed by atoms with Gasteiger partial charge in [-0.1, -0.05) is 11.6 Å². The molecule has 0 aromatic carbocycles. The average molecular weight is 459 g/mol. The number of aryl methyl sites for hydroxylation is 2. The minimum Gasteiger partial charge on any atom is -0.352 e. The summed E-state index contributed by atoms with van der Waals surface area (Å²) in [6.45, 7) is 3.97. The van der Waals surface area contributed by atoms with Gasteiger partial charge in [-0.05, 0) is 26.0 Å². The van der Waals surface area contributed by atoms with E-state index in [1.54, 1.807) is 38.4 Å². The third kappa shape index (κ3) is 4.49. The van der Waals surface area contributed by atoms with Crippen LogP contribution in [-0.4, -0.2) is 60.1 Å². The van der Waals surface area contributed by atoms with Gasteiger partial charge in [-0.15, -0.1) is 5.10 Å². The van der Waals surface area contributed by atoms with Gasteiger partial charge in [0.2, 0.25) is 5.95 Å². The zero-order valence-electron chi connectivity index (χ0n) is 17.3. The van der Waals surface area contributed by atoms with Crippen molar-refractivity contribution in [3.8, 4) is 5.82 Å². The summed E-state index contributed by atoms with van der Waals surface area (Å²) in [7, 11) is 0. The summed E-state index contributed by atoms with van der Waals surface area (Å²) in [4.78, 5) is 29.1. The van der Waals surface area contributed by atoms with Crippen LogP contribution in [0.4, 0.5) is 15.1 Å². The van der Waals surface area contributed by atoms with Crippen LogP contribution in [0.5, 0.6) is 0 Å². The lowest BCUT2D eigenvalue weighted by atomic mass is 10.1. The molecule has 3 aromatic rings. The largest absolute Gasteiger partial charge is 0.352 e. The molecule has 0 fully saturated rings. The highest BCUT2D eigenvalue weighted by Crippen LogP contribution is 2.30. The summed E-state index contributed by atoms with van der Waals surface area (Å²) in [5.74, 6) is 0.578. The van der Waals surface area contributed by atoms with Crippen molar-refractivity contribution >= 4 is 29.8 Å². The number of hydrogen-bond acceptors (Lipinski definition) is 8. The Labute approximate surface area is 187 Å². The fourth-order valence-corrected chi connectivity index (χ4v) is 3.47. The smallest absolute Gasteiger partial charge is 0.338 e. The molecular weight excluding hydrogens is 439 g/mol. The van der Waals surface area contributed by atoms with Gasteiger partial charge in [-0.3, -0.25) is 4.98 Å². The molecule has 0 aliphatic carbocycles. The molecule has 1 unspecified atom stereocenters. The van der Waals surface area contributed by atoms with Gasteiger partial charge >= 0.3 is 6.03 Å². The Morgan fingerprint density at radius 1 is 1.28 bits per heavy atom. The first kappa shape index (κ1) is 21.6. The fraction of sp³-hybridized carbons (Fsp3) is 0.316. The summed E-state index contributed by atoms with van der Waals surface area (Å²) >= 11 is 6.21. The van der Waals surface area contributed by atoms with Crippen molar-refractivity contribution in [2.24, 2.45) is 5.10 Å². The van der Waals surface area contributed by atoms with Gasteiger partial charge in [-0.2, -0.15) is 14.8 Å². The number of halogens is 2. The van der Waals surface area contributed by atoms with Gasteiger partial charge < -0.3 is 10.6 Å². The molecule has 0 bridgehead atoms. The van der Waals surface area contributed by atoms with E-state index in [9.17, 15) is 9.18 Å². The van der Waals surface area contributed by atoms with Crippen molar-refractivity contribution in [2.75, 3.05) is 18.4 Å². The molecule has 3 aromatic heterocycles. The first-order chi connectivity index (χ1) is 15.4. The SMILES string of the molecule is Cc1nc(C)n(-c2nc(NCCNC(=O)N3N=CCC3c3ncccc3Cl)ncc2F)n1. The van der Waals surface area contributed by atoms with Crippen LogP contribution in [0.1, 0.15) is 29.8 Å². The second kappa shape index (κ2) is 9.22. The highest BCUT2D eigenvalue weighted by Gasteiger charge is 2.30. The number of amides is 2. The van der Waals surface area contributed by atoms with Gasteiger partial charge in [0.15, 0.2) is 11.6 Å². The number of anilines is 1. The standard InChI is InChI=1S/C19H20ClFN10O/c1-11-27-12(2)30(29-11)17-14(21)10-25-18(28-17)23-8-9-24-19(32)31-15(5-7-26-31)16-13(20)4-3-6-22-16/h3-4,6-7,10,15H,5,8-9H2,1-2H3,(H,24,32)(H,23,25,28). The minimum absolute atomic E-state index is 0.00822. The number of aromatic nitrogens is 6. The van der Waals surface area contributed by atoms with Crippen molar-refractivity contribution in [1.82, 2.24) is 40.0 Å². The van der Waals surface area contributed by atoms with Crippen LogP contribution in [0, 0.1) is 19.7 Å². The van der Waals surface area contributed by atoms with Gasteiger partial charge in [0, 0.05) is 31.9 Å². The lowest BCUT2D eigenvalue weighted by molar-refractivity contribution is 0.185. The first-order valence-corrected chi connectivity index (χ1v) is 10.2. The third-order valence-electron chi connectivity index (χ3n) is 4.63. The van der Waals surface area contributed by atoms with Gasteiger partial charge in [0.05, 0.1) is 16.9 Å². The van der Waals surface area contributed by atoms with E-state index >= 15 is 0 Å². The van der Waals surface area contributed by atoms with E-state index in [0.717, 1.165) is 6.20 Å². The number of hydrogen-bond donors (Lipinski definition) is 2. The second-order valence-electron chi connectivity index (χ2n) is 6.91. The molecule has 1 aliphatic heterocycles. The first-order valence-electron chi connectivity index (χ1n) is 9.81. The Bertz CT molecular complexity index is 1170. The number of nitrogens with zero attached hydrogens (tertiary/aromatic N) is 8. The summed E-state index contributed by atoms with van der Waals surface area (Å²) in [5, 5.41) is 15.8. The number of pyridine rings is 1. The molecule has 166 valence electrons. The topological polar surface area (TPSA) is 126 Å². The molecular formula is C19H20ClFN10O. The maximum Gasteiger partial charge on any atom is 0.338 e. The van der Waals surface area contributed by atoms with E-state index in [1.807, 2.05) is 0 Å². The summed E-state index contributed by atoms with van der Waals surface area (Å²) in [5.41, 5.74) is 0.589. The van der Waals surface area contributed by atoms with Crippen LogP contribution in [0.15, 0.2) is 29.6 Å². The van der Waals surface area contributed by atoms with Crippen molar-refractivity contribution < 1.29 is 9.18 Å². The summed E-state index contributed by atoms with van der Waals surface area (Å²) < 4.78 is 15.5. The highest BCUT2D eigenvalue weighted by atomic mass is 35.5. The Balaban J connectivity index is 1.34. The molecule has 0 saturated heterocycles. The van der Waals surface area contributed by atoms with Crippen LogP contribution < -0.4 is 10.6 Å². The van der Waals surface area contributed by atoms with Gasteiger partial charge in [0.1, 0.15) is 17.7 Å². The number of carbonyl (C=O) groups excluding carboxylic acids is 1. The van der Waals surface area contributed by atoms with E-state index in [1.165, 1.54) is 9.69 Å². The Hall–Kier alpha value is -3.67. The van der Waals surface area contributed by atoms with Crippen molar-refractivity contribution in [3.63, 3.8) is 0 Å². The third-order valence-corrected chi connectivity index (χ3v) is 4.95. The number of rotatable bonds is 6. The zero-order chi connectivity index (χ0) is 22.7. The van der Waals surface area contributed by atoms with E-state index < -0.39 is 5.82 Å². The molecule has 13 heteroatoms. The number of carbonyl (C=O) groups is 1.